The third kappa shape index (κ3) is 3.67. The van der Waals surface area contributed by atoms with Gasteiger partial charge in [-0.3, -0.25) is 0 Å². The van der Waals surface area contributed by atoms with Crippen LogP contribution in [-0.2, 0) is 13.2 Å². The molecule has 1 saturated heterocycles. The van der Waals surface area contributed by atoms with E-state index in [1.54, 1.807) is 0 Å². The summed E-state index contributed by atoms with van der Waals surface area (Å²) < 4.78 is 17.5. The Kier molecular flexibility index (Phi) is 4.89. The Hall–Kier alpha value is -3.28. The number of hydrogen-bond donors (Lipinski definition) is 1. The quantitative estimate of drug-likeness (QED) is 0.296. The number of quaternary nitrogens is 1. The van der Waals surface area contributed by atoms with Crippen molar-refractivity contribution in [3.05, 3.63) is 77.9 Å². The summed E-state index contributed by atoms with van der Waals surface area (Å²) in [6.07, 6.45) is 2.11. The Bertz CT molecular complexity index is 1340. The Labute approximate surface area is 193 Å². The lowest BCUT2D eigenvalue weighted by molar-refractivity contribution is -1.12. The highest BCUT2D eigenvalue weighted by atomic mass is 16.7. The van der Waals surface area contributed by atoms with Crippen molar-refractivity contribution in [1.82, 2.24) is 0 Å². The fourth-order valence-corrected chi connectivity index (χ4v) is 5.21. The lowest BCUT2D eigenvalue weighted by Crippen LogP contribution is -2.46. The summed E-state index contributed by atoms with van der Waals surface area (Å²) in [5.74, 6) is 2.36. The van der Waals surface area contributed by atoms with E-state index in [1.165, 1.54) is 0 Å². The Morgan fingerprint density at radius 1 is 0.939 bits per heavy atom. The average molecular weight is 443 g/mol. The number of hydrogen-bond acceptors (Lipinski definition) is 4. The molecule has 2 heterocycles. The van der Waals surface area contributed by atoms with Crippen LogP contribution < -0.4 is 14.2 Å². The van der Waals surface area contributed by atoms with Gasteiger partial charge in [0.25, 0.3) is 0 Å². The third-order valence-electron chi connectivity index (χ3n) is 7.18. The Morgan fingerprint density at radius 3 is 2.55 bits per heavy atom. The van der Waals surface area contributed by atoms with Crippen molar-refractivity contribution in [2.24, 2.45) is 0 Å². The molecule has 2 aliphatic rings. The first kappa shape index (κ1) is 20.3. The highest BCUT2D eigenvalue weighted by molar-refractivity contribution is 6.10. The van der Waals surface area contributed by atoms with Crippen LogP contribution >= 0.6 is 0 Å². The molecule has 1 unspecified atom stereocenters. The van der Waals surface area contributed by atoms with Crippen LogP contribution in [-0.4, -0.2) is 29.2 Å². The molecule has 168 valence electrons. The zero-order valence-electron chi connectivity index (χ0n) is 18.8. The summed E-state index contributed by atoms with van der Waals surface area (Å²) in [6.45, 7) is 4.29. The molecule has 0 bridgehead atoms. The Balaban J connectivity index is 1.46. The van der Waals surface area contributed by atoms with E-state index < -0.39 is 0 Å². The second-order valence-corrected chi connectivity index (χ2v) is 9.30. The molecule has 33 heavy (non-hydrogen) atoms. The minimum absolute atomic E-state index is 0.0947. The highest BCUT2D eigenvalue weighted by Crippen LogP contribution is 2.41. The molecule has 5 heteroatoms. The maximum atomic E-state index is 11.3. The molecule has 0 aliphatic carbocycles. The van der Waals surface area contributed by atoms with Crippen LogP contribution in [0.4, 0.5) is 0 Å². The molecule has 0 radical (unpaired) electrons. The van der Waals surface area contributed by atoms with Gasteiger partial charge < -0.3 is 14.2 Å². The van der Waals surface area contributed by atoms with Gasteiger partial charge >= 0.3 is 0 Å². The van der Waals surface area contributed by atoms with Gasteiger partial charge in [0.1, 0.15) is 31.5 Å². The molecule has 1 fully saturated rings. The lowest BCUT2D eigenvalue weighted by atomic mass is 9.96. The second kappa shape index (κ2) is 7.94. The monoisotopic (exact) mass is 442 g/mol. The number of nitrogens with zero attached hydrogens (tertiary/aromatic N) is 1. The van der Waals surface area contributed by atoms with Crippen LogP contribution in [0, 0.1) is 0 Å². The minimum Gasteiger partial charge on any atom is -0.489 e. The topological polar surface area (TPSA) is 47.9 Å². The first-order valence-electron chi connectivity index (χ1n) is 11.6. The predicted molar refractivity (Wildman–Crippen MR) is 128 cm³/mol. The second-order valence-electron chi connectivity index (χ2n) is 9.30. The predicted octanol–water partition coefficient (Wildman–Crippen LogP) is 6.19. The molecule has 1 N–H and O–H groups in total. The summed E-state index contributed by atoms with van der Waals surface area (Å²) in [6, 6.07) is 23.0. The highest BCUT2D eigenvalue weighted by Gasteiger charge is 2.38. The average Bonchev–Trinajstić information content (AvgIpc) is 3.42. The van der Waals surface area contributed by atoms with E-state index in [1.807, 2.05) is 30.3 Å². The summed E-state index contributed by atoms with van der Waals surface area (Å²) in [7, 11) is 0. The molecule has 0 spiro atoms. The SMILES string of the molecule is C[C@@H]1CCC[N+]1(O)Cc1cc2cc3c(cc2c2cc(OCc4ccccc4)ccc12)OCO3. The largest absolute Gasteiger partial charge is 0.489 e. The number of fused-ring (bicyclic) bond motifs is 4. The van der Waals surface area contributed by atoms with Crippen molar-refractivity contribution >= 4 is 21.5 Å². The molecule has 4 aromatic rings. The van der Waals surface area contributed by atoms with E-state index in [-0.39, 0.29) is 17.5 Å². The summed E-state index contributed by atoms with van der Waals surface area (Å²) in [4.78, 5) is 0. The van der Waals surface area contributed by atoms with Gasteiger partial charge in [0.2, 0.25) is 6.79 Å². The van der Waals surface area contributed by atoms with E-state index in [0.717, 1.165) is 69.3 Å². The maximum absolute atomic E-state index is 11.3. The minimum atomic E-state index is 0.0947. The number of likely N-dealkylation sites (tertiary alicyclic amines) is 1. The van der Waals surface area contributed by atoms with Gasteiger partial charge in [0, 0.05) is 18.4 Å². The van der Waals surface area contributed by atoms with Crippen molar-refractivity contribution in [3.63, 3.8) is 0 Å². The van der Waals surface area contributed by atoms with Crippen molar-refractivity contribution in [1.29, 1.82) is 0 Å². The van der Waals surface area contributed by atoms with E-state index in [2.05, 4.69) is 43.3 Å². The van der Waals surface area contributed by atoms with Gasteiger partial charge in [-0.1, -0.05) is 36.4 Å². The van der Waals surface area contributed by atoms with Gasteiger partial charge in [0.05, 0.1) is 0 Å². The maximum Gasteiger partial charge on any atom is 0.231 e. The van der Waals surface area contributed by atoms with Gasteiger partial charge in [0.15, 0.2) is 11.5 Å². The van der Waals surface area contributed by atoms with Crippen LogP contribution in [0.5, 0.6) is 17.2 Å². The number of ether oxygens (including phenoxy) is 3. The van der Waals surface area contributed by atoms with Crippen molar-refractivity contribution < 1.29 is 24.1 Å². The molecular weight excluding hydrogens is 414 g/mol. The zero-order valence-corrected chi connectivity index (χ0v) is 18.8. The summed E-state index contributed by atoms with van der Waals surface area (Å²) >= 11 is 0. The summed E-state index contributed by atoms with van der Waals surface area (Å²) in [5.41, 5.74) is 2.27. The smallest absolute Gasteiger partial charge is 0.231 e. The van der Waals surface area contributed by atoms with Gasteiger partial charge in [-0.2, -0.15) is 4.65 Å². The van der Waals surface area contributed by atoms with Crippen molar-refractivity contribution in [2.45, 2.75) is 39.0 Å². The number of rotatable bonds is 5. The fourth-order valence-electron chi connectivity index (χ4n) is 5.21. The Morgan fingerprint density at radius 2 is 1.76 bits per heavy atom. The van der Waals surface area contributed by atoms with Crippen LogP contribution in [0.15, 0.2) is 66.7 Å². The molecule has 6 rings (SSSR count). The molecule has 2 aliphatic heterocycles. The molecule has 0 aromatic heterocycles. The van der Waals surface area contributed by atoms with E-state index in [4.69, 9.17) is 14.2 Å². The van der Waals surface area contributed by atoms with Crippen LogP contribution in [0.25, 0.3) is 21.5 Å². The fraction of sp³-hybridized carbons (Fsp3) is 0.286. The van der Waals surface area contributed by atoms with Crippen molar-refractivity contribution in [2.75, 3.05) is 13.3 Å². The number of benzene rings is 4. The van der Waals surface area contributed by atoms with Crippen molar-refractivity contribution in [3.8, 4) is 17.2 Å². The van der Waals surface area contributed by atoms with E-state index in [0.29, 0.717) is 13.2 Å². The standard InChI is InChI=1S/C28H28NO4/c1-19-6-5-11-29(19,30)16-22-12-21-13-27-28(33-18-32-27)15-25(21)26-14-23(9-10-24(22)26)31-17-20-7-3-2-4-8-20/h2-4,7-10,12-15,19,30H,5-6,11,16-18H2,1H3/q+1/t19-,29?/m1/s1. The number of hydroxylamine groups is 3. The molecule has 0 amide bonds. The van der Waals surface area contributed by atoms with Crippen LogP contribution in [0.3, 0.4) is 0 Å². The first-order valence-corrected chi connectivity index (χ1v) is 11.6. The van der Waals surface area contributed by atoms with E-state index in [9.17, 15) is 5.21 Å². The first-order chi connectivity index (χ1) is 16.1. The molecular formula is C28H28NO4+. The lowest BCUT2D eigenvalue weighted by Gasteiger charge is -2.30. The van der Waals surface area contributed by atoms with Gasteiger partial charge in [-0.05, 0) is 64.4 Å². The van der Waals surface area contributed by atoms with E-state index >= 15 is 0 Å². The van der Waals surface area contributed by atoms with Crippen LogP contribution in [0.1, 0.15) is 30.9 Å². The molecule has 0 saturated carbocycles. The van der Waals surface area contributed by atoms with Gasteiger partial charge in [-0.15, -0.1) is 0 Å². The third-order valence-corrected chi connectivity index (χ3v) is 7.18. The molecule has 5 nitrogen and oxygen atoms in total. The molecule has 2 atom stereocenters. The normalized spacial score (nSPS) is 21.7. The van der Waals surface area contributed by atoms with Crippen LogP contribution in [0.2, 0.25) is 0 Å². The van der Waals surface area contributed by atoms with Gasteiger partial charge in [-0.25, -0.2) is 5.21 Å². The summed E-state index contributed by atoms with van der Waals surface area (Å²) in [5, 5.41) is 15.8. The molecule has 4 aromatic carbocycles. The zero-order chi connectivity index (χ0) is 22.4.